The van der Waals surface area contributed by atoms with E-state index in [1.165, 1.54) is 19.2 Å². The topological polar surface area (TPSA) is 73.3 Å². The monoisotopic (exact) mass is 293 g/mol. The predicted molar refractivity (Wildman–Crippen MR) is 74.5 cm³/mol. The molecule has 1 N–H and O–H groups in total. The van der Waals surface area contributed by atoms with E-state index in [-0.39, 0.29) is 16.8 Å². The Labute approximate surface area is 120 Å². The molecule has 0 bridgehead atoms. The number of benzene rings is 1. The summed E-state index contributed by atoms with van der Waals surface area (Å²) in [6.45, 7) is 0. The number of anilines is 1. The number of hydrogen-bond acceptors (Lipinski definition) is 5. The van der Waals surface area contributed by atoms with Crippen molar-refractivity contribution in [3.05, 3.63) is 41.2 Å². The molecule has 0 aliphatic rings. The van der Waals surface area contributed by atoms with Crippen LogP contribution in [0.1, 0.15) is 10.5 Å². The first-order valence-electron chi connectivity index (χ1n) is 5.66. The van der Waals surface area contributed by atoms with Crippen LogP contribution in [0, 0.1) is 0 Å². The number of rotatable bonds is 4. The maximum atomic E-state index is 12.0. The van der Waals surface area contributed by atoms with Gasteiger partial charge in [0.2, 0.25) is 0 Å². The van der Waals surface area contributed by atoms with E-state index in [0.717, 1.165) is 0 Å². The van der Waals surface area contributed by atoms with Gasteiger partial charge in [-0.2, -0.15) is 0 Å². The van der Waals surface area contributed by atoms with Gasteiger partial charge in [-0.25, -0.2) is 0 Å². The lowest BCUT2D eigenvalue weighted by molar-refractivity contribution is 0.102. The molecule has 0 saturated heterocycles. The van der Waals surface area contributed by atoms with Crippen molar-refractivity contribution >= 4 is 23.2 Å². The first-order valence-corrected chi connectivity index (χ1v) is 6.04. The van der Waals surface area contributed by atoms with E-state index in [2.05, 4.69) is 15.5 Å². The SMILES string of the molecule is COc1ccc(NC(=O)c2ccc(Cl)nn2)cc1OC. The van der Waals surface area contributed by atoms with Crippen LogP contribution in [0.4, 0.5) is 5.69 Å². The zero-order valence-corrected chi connectivity index (χ0v) is 11.6. The van der Waals surface area contributed by atoms with Gasteiger partial charge in [0.05, 0.1) is 14.2 Å². The van der Waals surface area contributed by atoms with Gasteiger partial charge in [0.15, 0.2) is 22.3 Å². The summed E-state index contributed by atoms with van der Waals surface area (Å²) >= 11 is 5.61. The Morgan fingerprint density at radius 3 is 2.45 bits per heavy atom. The van der Waals surface area contributed by atoms with Crippen molar-refractivity contribution in [2.45, 2.75) is 0 Å². The fraction of sp³-hybridized carbons (Fsp3) is 0.154. The maximum absolute atomic E-state index is 12.0. The number of carbonyl (C=O) groups excluding carboxylic acids is 1. The largest absolute Gasteiger partial charge is 0.493 e. The lowest BCUT2D eigenvalue weighted by Crippen LogP contribution is -2.14. The van der Waals surface area contributed by atoms with E-state index in [1.807, 2.05) is 0 Å². The molecular formula is C13H12ClN3O3. The van der Waals surface area contributed by atoms with Crippen molar-refractivity contribution in [3.8, 4) is 11.5 Å². The molecule has 7 heteroatoms. The summed E-state index contributed by atoms with van der Waals surface area (Å²) < 4.78 is 10.3. The molecule has 0 fully saturated rings. The van der Waals surface area contributed by atoms with Crippen LogP contribution in [0.15, 0.2) is 30.3 Å². The van der Waals surface area contributed by atoms with Gasteiger partial charge >= 0.3 is 0 Å². The highest BCUT2D eigenvalue weighted by atomic mass is 35.5. The highest BCUT2D eigenvalue weighted by Crippen LogP contribution is 2.29. The normalized spacial score (nSPS) is 9.95. The lowest BCUT2D eigenvalue weighted by Gasteiger charge is -2.10. The van der Waals surface area contributed by atoms with Crippen LogP contribution in [-0.2, 0) is 0 Å². The van der Waals surface area contributed by atoms with E-state index in [1.54, 1.807) is 25.3 Å². The zero-order chi connectivity index (χ0) is 14.5. The molecule has 104 valence electrons. The van der Waals surface area contributed by atoms with Gasteiger partial charge in [-0.1, -0.05) is 11.6 Å². The van der Waals surface area contributed by atoms with Crippen LogP contribution < -0.4 is 14.8 Å². The van der Waals surface area contributed by atoms with Gasteiger partial charge in [-0.05, 0) is 24.3 Å². The predicted octanol–water partition coefficient (Wildman–Crippen LogP) is 2.40. The summed E-state index contributed by atoms with van der Waals surface area (Å²) in [6, 6.07) is 8.04. The van der Waals surface area contributed by atoms with E-state index < -0.39 is 0 Å². The fourth-order valence-corrected chi connectivity index (χ4v) is 1.65. The molecule has 0 radical (unpaired) electrons. The number of hydrogen-bond donors (Lipinski definition) is 1. The van der Waals surface area contributed by atoms with Crippen molar-refractivity contribution in [2.75, 3.05) is 19.5 Å². The summed E-state index contributed by atoms with van der Waals surface area (Å²) in [4.78, 5) is 12.0. The highest BCUT2D eigenvalue weighted by molar-refractivity contribution is 6.29. The number of nitrogens with zero attached hydrogens (tertiary/aromatic N) is 2. The van der Waals surface area contributed by atoms with Crippen LogP contribution in [-0.4, -0.2) is 30.3 Å². The number of amides is 1. The van der Waals surface area contributed by atoms with Crippen LogP contribution in [0.25, 0.3) is 0 Å². The van der Waals surface area contributed by atoms with Crippen LogP contribution >= 0.6 is 11.6 Å². The van der Waals surface area contributed by atoms with Crippen molar-refractivity contribution < 1.29 is 14.3 Å². The summed E-state index contributed by atoms with van der Waals surface area (Å²) in [5.41, 5.74) is 0.730. The molecule has 6 nitrogen and oxygen atoms in total. The highest BCUT2D eigenvalue weighted by Gasteiger charge is 2.10. The van der Waals surface area contributed by atoms with Crippen LogP contribution in [0.5, 0.6) is 11.5 Å². The number of halogens is 1. The summed E-state index contributed by atoms with van der Waals surface area (Å²) in [7, 11) is 3.06. The Hall–Kier alpha value is -2.34. The van der Waals surface area contributed by atoms with E-state index in [0.29, 0.717) is 17.2 Å². The molecule has 0 aliphatic heterocycles. The molecule has 1 heterocycles. The maximum Gasteiger partial charge on any atom is 0.276 e. The Balaban J connectivity index is 2.17. The van der Waals surface area contributed by atoms with E-state index in [9.17, 15) is 4.79 Å². The molecule has 1 aromatic heterocycles. The van der Waals surface area contributed by atoms with Gasteiger partial charge in [0.1, 0.15) is 0 Å². The molecule has 0 unspecified atom stereocenters. The van der Waals surface area contributed by atoms with Crippen LogP contribution in [0.3, 0.4) is 0 Å². The van der Waals surface area contributed by atoms with Gasteiger partial charge in [0, 0.05) is 11.8 Å². The van der Waals surface area contributed by atoms with Gasteiger partial charge in [-0.15, -0.1) is 10.2 Å². The third-order valence-electron chi connectivity index (χ3n) is 2.51. The molecule has 0 spiro atoms. The number of ether oxygens (including phenoxy) is 2. The number of carbonyl (C=O) groups is 1. The molecule has 2 aromatic rings. The minimum absolute atomic E-state index is 0.171. The van der Waals surface area contributed by atoms with Crippen molar-refractivity contribution in [2.24, 2.45) is 0 Å². The quantitative estimate of drug-likeness (QED) is 0.937. The Bertz CT molecular complexity index is 617. The summed E-state index contributed by atoms with van der Waals surface area (Å²) in [6.07, 6.45) is 0. The van der Waals surface area contributed by atoms with Gasteiger partial charge in [-0.3, -0.25) is 4.79 Å². The molecule has 1 amide bonds. The second-order valence-corrected chi connectivity index (χ2v) is 4.15. The first kappa shape index (κ1) is 14.1. The minimum atomic E-state index is -0.388. The fourth-order valence-electron chi connectivity index (χ4n) is 1.55. The molecule has 0 aliphatic carbocycles. The average molecular weight is 294 g/mol. The smallest absolute Gasteiger partial charge is 0.276 e. The van der Waals surface area contributed by atoms with E-state index in [4.69, 9.17) is 21.1 Å². The third kappa shape index (κ3) is 3.16. The number of nitrogens with one attached hydrogen (secondary N) is 1. The first-order chi connectivity index (χ1) is 9.63. The Morgan fingerprint density at radius 1 is 1.10 bits per heavy atom. The summed E-state index contributed by atoms with van der Waals surface area (Å²) in [5.74, 6) is 0.714. The van der Waals surface area contributed by atoms with Crippen molar-refractivity contribution in [1.29, 1.82) is 0 Å². The number of aromatic nitrogens is 2. The van der Waals surface area contributed by atoms with Crippen LogP contribution in [0.2, 0.25) is 5.15 Å². The van der Waals surface area contributed by atoms with Gasteiger partial charge in [0.25, 0.3) is 5.91 Å². The molecule has 0 saturated carbocycles. The van der Waals surface area contributed by atoms with Gasteiger partial charge < -0.3 is 14.8 Å². The zero-order valence-electron chi connectivity index (χ0n) is 10.9. The second-order valence-electron chi connectivity index (χ2n) is 3.77. The third-order valence-corrected chi connectivity index (χ3v) is 2.71. The Morgan fingerprint density at radius 2 is 1.85 bits per heavy atom. The molecule has 1 aromatic carbocycles. The van der Waals surface area contributed by atoms with Crippen molar-refractivity contribution in [1.82, 2.24) is 10.2 Å². The molecule has 0 atom stereocenters. The van der Waals surface area contributed by atoms with Crippen molar-refractivity contribution in [3.63, 3.8) is 0 Å². The standard InChI is InChI=1S/C13H12ClN3O3/c1-19-10-5-3-8(7-11(10)20-2)15-13(18)9-4-6-12(14)17-16-9/h3-7H,1-2H3,(H,15,18). The lowest BCUT2D eigenvalue weighted by atomic mass is 10.2. The average Bonchev–Trinajstić information content (AvgIpc) is 2.47. The summed E-state index contributed by atoms with van der Waals surface area (Å²) in [5, 5.41) is 10.2. The minimum Gasteiger partial charge on any atom is -0.493 e. The number of methoxy groups -OCH3 is 2. The Kier molecular flexibility index (Phi) is 4.37. The molecule has 2 rings (SSSR count). The molecule has 20 heavy (non-hydrogen) atoms. The molecular weight excluding hydrogens is 282 g/mol. The van der Waals surface area contributed by atoms with E-state index >= 15 is 0 Å². The second kappa shape index (κ2) is 6.21.